The maximum Gasteiger partial charge on any atom is 0.324 e. The molecule has 0 aliphatic heterocycles. The van der Waals surface area contributed by atoms with E-state index in [1.807, 2.05) is 6.92 Å². The van der Waals surface area contributed by atoms with Gasteiger partial charge in [0.05, 0.1) is 21.3 Å². The normalized spacial score (nSPS) is 10.2. The molecule has 0 aromatic heterocycles. The number of halogens is 1. The van der Waals surface area contributed by atoms with Crippen LogP contribution in [0.2, 0.25) is 5.02 Å². The maximum absolute atomic E-state index is 11.8. The van der Waals surface area contributed by atoms with Crippen LogP contribution in [0, 0.1) is 6.92 Å². The molecule has 0 radical (unpaired) electrons. The molecule has 0 unspecified atom stereocenters. The summed E-state index contributed by atoms with van der Waals surface area (Å²) in [6.07, 6.45) is 0. The number of methoxy groups -OCH3 is 3. The number of rotatable bonds is 4. The predicted octanol–water partition coefficient (Wildman–Crippen LogP) is 2.09. The van der Waals surface area contributed by atoms with Crippen molar-refractivity contribution in [1.82, 2.24) is 0 Å². The molecule has 104 valence electrons. The zero-order chi connectivity index (χ0) is 14.6. The first-order valence-electron chi connectivity index (χ1n) is 5.46. The van der Waals surface area contributed by atoms with Crippen molar-refractivity contribution in [2.24, 2.45) is 0 Å². The highest BCUT2D eigenvalue weighted by Crippen LogP contribution is 2.36. The lowest BCUT2D eigenvalue weighted by Crippen LogP contribution is -2.25. The van der Waals surface area contributed by atoms with Crippen molar-refractivity contribution < 1.29 is 23.8 Å². The Morgan fingerprint density at radius 2 is 1.63 bits per heavy atom. The molecule has 0 atom stereocenters. The molecular formula is C13H15ClO5. The number of aryl methyl sites for hydroxylation is 1. The van der Waals surface area contributed by atoms with E-state index in [4.69, 9.17) is 16.3 Å². The van der Waals surface area contributed by atoms with Crippen LogP contribution >= 0.6 is 11.6 Å². The van der Waals surface area contributed by atoms with E-state index in [2.05, 4.69) is 9.47 Å². The van der Waals surface area contributed by atoms with Gasteiger partial charge in [-0.15, -0.1) is 0 Å². The molecule has 1 aromatic carbocycles. The topological polar surface area (TPSA) is 61.8 Å². The summed E-state index contributed by atoms with van der Waals surface area (Å²) in [5.74, 6) is -2.43. The fraction of sp³-hybridized carbons (Fsp3) is 0.385. The fourth-order valence-electron chi connectivity index (χ4n) is 1.74. The third-order valence-corrected chi connectivity index (χ3v) is 2.93. The Hall–Kier alpha value is -1.75. The molecule has 5 nitrogen and oxygen atoms in total. The average molecular weight is 287 g/mol. The lowest BCUT2D eigenvalue weighted by molar-refractivity contribution is -0.154. The minimum atomic E-state index is -1.27. The van der Waals surface area contributed by atoms with Crippen LogP contribution in [0.5, 0.6) is 5.75 Å². The summed E-state index contributed by atoms with van der Waals surface area (Å²) in [7, 11) is 3.81. The van der Waals surface area contributed by atoms with Crippen molar-refractivity contribution in [2.75, 3.05) is 21.3 Å². The van der Waals surface area contributed by atoms with Crippen LogP contribution in [0.4, 0.5) is 0 Å². The van der Waals surface area contributed by atoms with Gasteiger partial charge in [0.15, 0.2) is 5.92 Å². The number of ether oxygens (including phenoxy) is 3. The molecule has 1 aromatic rings. The van der Waals surface area contributed by atoms with Crippen molar-refractivity contribution >= 4 is 23.5 Å². The molecule has 19 heavy (non-hydrogen) atoms. The van der Waals surface area contributed by atoms with E-state index in [-0.39, 0.29) is 10.6 Å². The van der Waals surface area contributed by atoms with E-state index < -0.39 is 17.9 Å². The second kappa shape index (κ2) is 6.43. The van der Waals surface area contributed by atoms with Crippen LogP contribution in [0.15, 0.2) is 12.1 Å². The molecule has 6 heteroatoms. The summed E-state index contributed by atoms with van der Waals surface area (Å²) >= 11 is 6.11. The highest BCUT2D eigenvalue weighted by atomic mass is 35.5. The second-order valence-corrected chi connectivity index (χ2v) is 4.25. The number of esters is 2. The predicted molar refractivity (Wildman–Crippen MR) is 69.5 cm³/mol. The van der Waals surface area contributed by atoms with Gasteiger partial charge in [-0.2, -0.15) is 0 Å². The third kappa shape index (κ3) is 3.17. The first kappa shape index (κ1) is 15.3. The molecular weight excluding hydrogens is 272 g/mol. The van der Waals surface area contributed by atoms with Crippen LogP contribution < -0.4 is 4.74 Å². The lowest BCUT2D eigenvalue weighted by atomic mass is 9.96. The van der Waals surface area contributed by atoms with Crippen molar-refractivity contribution in [3.05, 3.63) is 28.3 Å². The van der Waals surface area contributed by atoms with Gasteiger partial charge in [-0.3, -0.25) is 9.59 Å². The van der Waals surface area contributed by atoms with Crippen molar-refractivity contribution in [2.45, 2.75) is 12.8 Å². The van der Waals surface area contributed by atoms with Gasteiger partial charge in [-0.25, -0.2) is 0 Å². The van der Waals surface area contributed by atoms with Gasteiger partial charge >= 0.3 is 11.9 Å². The van der Waals surface area contributed by atoms with Gasteiger partial charge in [0.1, 0.15) is 5.75 Å². The number of benzene rings is 1. The van der Waals surface area contributed by atoms with E-state index in [1.165, 1.54) is 21.3 Å². The molecule has 0 spiro atoms. The summed E-state index contributed by atoms with van der Waals surface area (Å²) in [4.78, 5) is 23.6. The molecule has 0 saturated carbocycles. The largest absolute Gasteiger partial charge is 0.496 e. The van der Waals surface area contributed by atoms with Crippen LogP contribution in [-0.2, 0) is 19.1 Å². The van der Waals surface area contributed by atoms with Gasteiger partial charge in [0.2, 0.25) is 0 Å². The maximum atomic E-state index is 11.8. The van der Waals surface area contributed by atoms with Crippen LogP contribution in [0.25, 0.3) is 0 Å². The molecule has 1 rings (SSSR count). The van der Waals surface area contributed by atoms with Gasteiger partial charge in [-0.1, -0.05) is 11.6 Å². The standard InChI is InChI=1S/C13H15ClO5/c1-7-5-8(14)10(9(6-7)17-2)11(12(15)18-3)13(16)19-4/h5-6,11H,1-4H3. The van der Waals surface area contributed by atoms with E-state index in [0.717, 1.165) is 5.56 Å². The Morgan fingerprint density at radius 1 is 1.11 bits per heavy atom. The average Bonchev–Trinajstić information content (AvgIpc) is 2.39. The minimum absolute atomic E-state index is 0.244. The zero-order valence-corrected chi connectivity index (χ0v) is 11.9. The van der Waals surface area contributed by atoms with Crippen molar-refractivity contribution in [3.63, 3.8) is 0 Å². The Bertz CT molecular complexity index is 482. The highest BCUT2D eigenvalue weighted by molar-refractivity contribution is 6.32. The first-order valence-corrected chi connectivity index (χ1v) is 5.83. The number of hydrogen-bond acceptors (Lipinski definition) is 5. The van der Waals surface area contributed by atoms with Gasteiger partial charge < -0.3 is 14.2 Å². The molecule has 0 amide bonds. The third-order valence-electron chi connectivity index (χ3n) is 2.62. The number of carbonyl (C=O) groups is 2. The van der Waals surface area contributed by atoms with Crippen molar-refractivity contribution in [1.29, 1.82) is 0 Å². The summed E-state index contributed by atoms with van der Waals surface area (Å²) in [5.41, 5.74) is 1.09. The van der Waals surface area contributed by atoms with E-state index >= 15 is 0 Å². The van der Waals surface area contributed by atoms with E-state index in [0.29, 0.717) is 5.75 Å². The zero-order valence-electron chi connectivity index (χ0n) is 11.2. The number of hydrogen-bond donors (Lipinski definition) is 0. The summed E-state index contributed by atoms with van der Waals surface area (Å²) < 4.78 is 14.4. The van der Waals surface area contributed by atoms with Crippen LogP contribution in [-0.4, -0.2) is 33.3 Å². The van der Waals surface area contributed by atoms with E-state index in [1.54, 1.807) is 12.1 Å². The minimum Gasteiger partial charge on any atom is -0.496 e. The van der Waals surface area contributed by atoms with Crippen molar-refractivity contribution in [3.8, 4) is 5.75 Å². The Balaban J connectivity index is 3.45. The first-order chi connectivity index (χ1) is 8.96. The monoisotopic (exact) mass is 286 g/mol. The quantitative estimate of drug-likeness (QED) is 0.626. The SMILES string of the molecule is COC(=O)C(C(=O)OC)c1c(Cl)cc(C)cc1OC. The molecule has 0 heterocycles. The number of carbonyl (C=O) groups excluding carboxylic acids is 2. The Morgan fingerprint density at radius 3 is 2.05 bits per heavy atom. The molecule has 0 aliphatic rings. The second-order valence-electron chi connectivity index (χ2n) is 3.84. The summed E-state index contributed by atoms with van der Waals surface area (Å²) in [5, 5.41) is 0.248. The molecule has 0 fully saturated rings. The van der Waals surface area contributed by atoms with Gasteiger partial charge in [-0.05, 0) is 24.6 Å². The fourth-order valence-corrected chi connectivity index (χ4v) is 2.11. The summed E-state index contributed by atoms with van der Waals surface area (Å²) in [6, 6.07) is 3.32. The molecule has 0 aliphatic carbocycles. The molecule has 0 bridgehead atoms. The van der Waals surface area contributed by atoms with Crippen LogP contribution in [0.1, 0.15) is 17.0 Å². The smallest absolute Gasteiger partial charge is 0.324 e. The highest BCUT2D eigenvalue weighted by Gasteiger charge is 2.35. The Labute approximate surface area is 116 Å². The van der Waals surface area contributed by atoms with Crippen LogP contribution in [0.3, 0.4) is 0 Å². The summed E-state index contributed by atoms with van der Waals surface area (Å²) in [6.45, 7) is 1.82. The Kier molecular flexibility index (Phi) is 5.18. The lowest BCUT2D eigenvalue weighted by Gasteiger charge is -2.18. The molecule has 0 saturated heterocycles. The molecule has 0 N–H and O–H groups in total. The van der Waals surface area contributed by atoms with E-state index in [9.17, 15) is 9.59 Å². The van der Waals surface area contributed by atoms with Gasteiger partial charge in [0, 0.05) is 10.6 Å². The van der Waals surface area contributed by atoms with Gasteiger partial charge in [0.25, 0.3) is 0 Å².